The van der Waals surface area contributed by atoms with E-state index in [1.54, 1.807) is 0 Å². The second-order valence-corrected chi connectivity index (χ2v) is 4.81. The summed E-state index contributed by atoms with van der Waals surface area (Å²) in [4.78, 5) is 11.5. The van der Waals surface area contributed by atoms with E-state index in [-0.39, 0.29) is 17.9 Å². The van der Waals surface area contributed by atoms with Crippen LogP contribution in [0.3, 0.4) is 0 Å². The minimum absolute atomic E-state index is 0.0219. The van der Waals surface area contributed by atoms with Crippen molar-refractivity contribution in [3.05, 3.63) is 42.5 Å². The van der Waals surface area contributed by atoms with Crippen molar-refractivity contribution in [3.8, 4) is 0 Å². The zero-order valence-corrected chi connectivity index (χ0v) is 11.5. The summed E-state index contributed by atoms with van der Waals surface area (Å²) >= 11 is 0. The summed E-state index contributed by atoms with van der Waals surface area (Å²) in [5.74, 6) is -0.378. The predicted molar refractivity (Wildman–Crippen MR) is 78.2 cm³/mol. The van der Waals surface area contributed by atoms with Crippen molar-refractivity contribution in [2.45, 2.75) is 19.9 Å². The van der Waals surface area contributed by atoms with Gasteiger partial charge in [-0.05, 0) is 36.8 Å². The fourth-order valence-electron chi connectivity index (χ4n) is 2.06. The third-order valence-electron chi connectivity index (χ3n) is 3.47. The second kappa shape index (κ2) is 5.74. The highest BCUT2D eigenvalue weighted by Crippen LogP contribution is 2.20. The van der Waals surface area contributed by atoms with Gasteiger partial charge in [-0.1, -0.05) is 30.3 Å². The first kappa shape index (κ1) is 13.4. The molecule has 2 rings (SSSR count). The van der Waals surface area contributed by atoms with Crippen LogP contribution in [0.5, 0.6) is 0 Å². The van der Waals surface area contributed by atoms with Gasteiger partial charge in [-0.2, -0.15) is 0 Å². The third kappa shape index (κ3) is 3.05. The number of nitrogens with one attached hydrogen (secondary N) is 1. The lowest BCUT2D eigenvalue weighted by Gasteiger charge is -2.20. The fraction of sp³-hybridized carbons (Fsp3) is 0.312. The van der Waals surface area contributed by atoms with Gasteiger partial charge in [0.15, 0.2) is 0 Å². The maximum Gasteiger partial charge on any atom is 0.310 e. The van der Waals surface area contributed by atoms with E-state index in [1.807, 2.05) is 32.0 Å². The van der Waals surface area contributed by atoms with E-state index in [0.29, 0.717) is 0 Å². The Kier molecular flexibility index (Phi) is 4.05. The molecule has 0 heterocycles. The van der Waals surface area contributed by atoms with Crippen LogP contribution < -0.4 is 5.32 Å². The number of esters is 1. The average molecular weight is 257 g/mol. The van der Waals surface area contributed by atoms with Crippen LogP contribution >= 0.6 is 0 Å². The number of rotatable bonds is 4. The molecule has 0 radical (unpaired) electrons. The number of fused-ring (bicyclic) bond motifs is 1. The Morgan fingerprint density at radius 1 is 1.11 bits per heavy atom. The van der Waals surface area contributed by atoms with Gasteiger partial charge in [0.05, 0.1) is 13.0 Å². The molecule has 3 nitrogen and oxygen atoms in total. The monoisotopic (exact) mass is 257 g/mol. The van der Waals surface area contributed by atoms with E-state index < -0.39 is 0 Å². The molecule has 100 valence electrons. The number of benzene rings is 2. The van der Waals surface area contributed by atoms with E-state index in [1.165, 1.54) is 17.9 Å². The number of ether oxygens (including phenoxy) is 1. The smallest absolute Gasteiger partial charge is 0.310 e. The summed E-state index contributed by atoms with van der Waals surface area (Å²) < 4.78 is 4.76. The summed E-state index contributed by atoms with van der Waals surface area (Å²) in [5.41, 5.74) is 1.02. The fourth-order valence-corrected chi connectivity index (χ4v) is 2.06. The quantitative estimate of drug-likeness (QED) is 0.853. The molecule has 0 aliphatic heterocycles. The van der Waals surface area contributed by atoms with Crippen molar-refractivity contribution in [1.82, 2.24) is 0 Å². The summed E-state index contributed by atoms with van der Waals surface area (Å²) in [5, 5.41) is 5.74. The predicted octanol–water partition coefficient (Wildman–Crippen LogP) is 3.45. The molecule has 0 saturated heterocycles. The Balaban J connectivity index is 2.14. The van der Waals surface area contributed by atoms with Crippen molar-refractivity contribution < 1.29 is 9.53 Å². The number of methoxy groups -OCH3 is 1. The topological polar surface area (TPSA) is 38.3 Å². The summed E-state index contributed by atoms with van der Waals surface area (Å²) in [7, 11) is 1.42. The normalized spacial score (nSPS) is 13.8. The molecule has 0 fully saturated rings. The Hall–Kier alpha value is -2.03. The van der Waals surface area contributed by atoms with E-state index in [4.69, 9.17) is 4.74 Å². The van der Waals surface area contributed by atoms with E-state index in [2.05, 4.69) is 29.6 Å². The van der Waals surface area contributed by atoms with Gasteiger partial charge >= 0.3 is 5.97 Å². The van der Waals surface area contributed by atoms with Crippen LogP contribution in [-0.2, 0) is 9.53 Å². The maximum atomic E-state index is 11.5. The molecule has 0 aromatic heterocycles. The molecule has 0 spiro atoms. The van der Waals surface area contributed by atoms with Gasteiger partial charge in [0.25, 0.3) is 0 Å². The molecule has 19 heavy (non-hydrogen) atoms. The van der Waals surface area contributed by atoms with Crippen LogP contribution in [-0.4, -0.2) is 19.1 Å². The zero-order valence-electron chi connectivity index (χ0n) is 11.5. The zero-order chi connectivity index (χ0) is 13.8. The van der Waals surface area contributed by atoms with Crippen molar-refractivity contribution in [3.63, 3.8) is 0 Å². The van der Waals surface area contributed by atoms with Crippen LogP contribution in [0.4, 0.5) is 5.69 Å². The minimum atomic E-state index is -0.194. The highest BCUT2D eigenvalue weighted by atomic mass is 16.5. The highest BCUT2D eigenvalue weighted by Gasteiger charge is 2.20. The second-order valence-electron chi connectivity index (χ2n) is 4.81. The lowest BCUT2D eigenvalue weighted by Crippen LogP contribution is -2.30. The molecule has 0 aliphatic carbocycles. The number of carbonyl (C=O) groups is 1. The maximum absolute atomic E-state index is 11.5. The average Bonchev–Trinajstić information content (AvgIpc) is 2.45. The van der Waals surface area contributed by atoms with Crippen molar-refractivity contribution >= 4 is 22.4 Å². The Morgan fingerprint density at radius 3 is 2.47 bits per heavy atom. The lowest BCUT2D eigenvalue weighted by atomic mass is 10.0. The standard InChI is InChI=1S/C16H19NO2/c1-11(16(18)19-3)12(2)17-15-9-8-13-6-4-5-7-14(13)10-15/h4-12,17H,1-3H3. The van der Waals surface area contributed by atoms with Gasteiger partial charge in [-0.15, -0.1) is 0 Å². The molecule has 1 N–H and O–H groups in total. The van der Waals surface area contributed by atoms with Crippen LogP contribution in [0, 0.1) is 5.92 Å². The molecular formula is C16H19NO2. The van der Waals surface area contributed by atoms with E-state index in [0.717, 1.165) is 5.69 Å². The summed E-state index contributed by atoms with van der Waals surface area (Å²) in [6, 6.07) is 14.4. The molecule has 2 aromatic rings. The molecule has 0 saturated carbocycles. The Labute approximate surface area is 113 Å². The first-order valence-corrected chi connectivity index (χ1v) is 6.45. The molecule has 2 unspecified atom stereocenters. The SMILES string of the molecule is COC(=O)C(C)C(C)Nc1ccc2ccccc2c1. The first-order valence-electron chi connectivity index (χ1n) is 6.45. The van der Waals surface area contributed by atoms with Gasteiger partial charge in [-0.25, -0.2) is 0 Å². The van der Waals surface area contributed by atoms with Crippen LogP contribution in [0.25, 0.3) is 10.8 Å². The molecule has 2 aromatic carbocycles. The van der Waals surface area contributed by atoms with Gasteiger partial charge in [-0.3, -0.25) is 4.79 Å². The van der Waals surface area contributed by atoms with Crippen molar-refractivity contribution in [2.24, 2.45) is 5.92 Å². The lowest BCUT2D eigenvalue weighted by molar-refractivity contribution is -0.145. The summed E-state index contributed by atoms with van der Waals surface area (Å²) in [6.07, 6.45) is 0. The molecule has 2 atom stereocenters. The molecule has 0 amide bonds. The number of hydrogen-bond donors (Lipinski definition) is 1. The number of anilines is 1. The molecular weight excluding hydrogens is 238 g/mol. The van der Waals surface area contributed by atoms with Crippen LogP contribution in [0.15, 0.2) is 42.5 Å². The molecule has 3 heteroatoms. The van der Waals surface area contributed by atoms with Crippen molar-refractivity contribution in [1.29, 1.82) is 0 Å². The first-order chi connectivity index (χ1) is 9.11. The van der Waals surface area contributed by atoms with Crippen LogP contribution in [0.1, 0.15) is 13.8 Å². The number of hydrogen-bond acceptors (Lipinski definition) is 3. The highest BCUT2D eigenvalue weighted by molar-refractivity contribution is 5.85. The van der Waals surface area contributed by atoms with Gasteiger partial charge < -0.3 is 10.1 Å². The molecule has 0 aliphatic rings. The number of carbonyl (C=O) groups excluding carboxylic acids is 1. The summed E-state index contributed by atoms with van der Waals surface area (Å²) in [6.45, 7) is 3.85. The van der Waals surface area contributed by atoms with E-state index >= 15 is 0 Å². The molecule has 0 bridgehead atoms. The Bertz CT molecular complexity index is 580. The van der Waals surface area contributed by atoms with Gasteiger partial charge in [0.2, 0.25) is 0 Å². The van der Waals surface area contributed by atoms with Crippen molar-refractivity contribution in [2.75, 3.05) is 12.4 Å². The van der Waals surface area contributed by atoms with Crippen LogP contribution in [0.2, 0.25) is 0 Å². The third-order valence-corrected chi connectivity index (χ3v) is 3.47. The van der Waals surface area contributed by atoms with Gasteiger partial charge in [0, 0.05) is 11.7 Å². The van der Waals surface area contributed by atoms with Gasteiger partial charge in [0.1, 0.15) is 0 Å². The largest absolute Gasteiger partial charge is 0.469 e. The van der Waals surface area contributed by atoms with E-state index in [9.17, 15) is 4.79 Å². The minimum Gasteiger partial charge on any atom is -0.469 e. The Morgan fingerprint density at radius 2 is 1.79 bits per heavy atom.